The highest BCUT2D eigenvalue weighted by Gasteiger charge is 2.36. The molecule has 0 atom stereocenters. The number of para-hydroxylation sites is 1. The molecule has 0 spiro atoms. The van der Waals surface area contributed by atoms with E-state index in [0.29, 0.717) is 23.0 Å². The molecule has 1 aliphatic heterocycles. The van der Waals surface area contributed by atoms with Gasteiger partial charge in [0.05, 0.1) is 15.4 Å². The highest BCUT2D eigenvalue weighted by atomic mass is 32.2. The molecular formula is C26H23N3O6S. The number of rotatable bonds is 6. The van der Waals surface area contributed by atoms with Gasteiger partial charge in [0.15, 0.2) is 0 Å². The van der Waals surface area contributed by atoms with Crippen molar-refractivity contribution in [2.24, 2.45) is 0 Å². The average Bonchev–Trinajstić information content (AvgIpc) is 3.38. The number of amides is 3. The van der Waals surface area contributed by atoms with E-state index in [-0.39, 0.29) is 22.1 Å². The van der Waals surface area contributed by atoms with Crippen molar-refractivity contribution in [3.8, 4) is 11.3 Å². The number of nitrogens with one attached hydrogen (secondary N) is 1. The van der Waals surface area contributed by atoms with E-state index in [2.05, 4.69) is 5.32 Å². The van der Waals surface area contributed by atoms with Gasteiger partial charge in [-0.2, -0.15) is 0 Å². The Morgan fingerprint density at radius 1 is 1.06 bits per heavy atom. The number of carbonyl (C=O) groups excluding carboxylic acids is 3. The van der Waals surface area contributed by atoms with Crippen LogP contribution in [0.2, 0.25) is 0 Å². The predicted molar refractivity (Wildman–Crippen MR) is 137 cm³/mol. The zero-order valence-corrected chi connectivity index (χ0v) is 20.9. The fraction of sp³-hybridized carbons (Fsp3) is 0.192. The molecule has 2 aromatic carbocycles. The Balaban J connectivity index is 1.52. The molecule has 3 aromatic rings. The van der Waals surface area contributed by atoms with Gasteiger partial charge >= 0.3 is 0 Å². The highest BCUT2D eigenvalue weighted by molar-refractivity contribution is 8.18. The van der Waals surface area contributed by atoms with Gasteiger partial charge in [0.2, 0.25) is 5.91 Å². The molecule has 36 heavy (non-hydrogen) atoms. The summed E-state index contributed by atoms with van der Waals surface area (Å²) in [5.74, 6) is -0.582. The van der Waals surface area contributed by atoms with Crippen LogP contribution in [-0.2, 0) is 9.59 Å². The van der Waals surface area contributed by atoms with Crippen molar-refractivity contribution in [1.82, 2.24) is 4.90 Å². The minimum Gasteiger partial charge on any atom is -0.456 e. The quantitative estimate of drug-likeness (QED) is 0.256. The normalized spacial score (nSPS) is 14.6. The maximum Gasteiger partial charge on any atom is 0.294 e. The van der Waals surface area contributed by atoms with Gasteiger partial charge in [-0.1, -0.05) is 18.2 Å². The van der Waals surface area contributed by atoms with Gasteiger partial charge in [-0.3, -0.25) is 29.4 Å². The van der Waals surface area contributed by atoms with E-state index in [9.17, 15) is 24.5 Å². The number of nitro benzene ring substituents is 1. The Morgan fingerprint density at radius 2 is 1.72 bits per heavy atom. The van der Waals surface area contributed by atoms with Crippen LogP contribution in [0, 0.1) is 37.8 Å². The summed E-state index contributed by atoms with van der Waals surface area (Å²) in [6, 6.07) is 11.9. The number of furan rings is 1. The predicted octanol–water partition coefficient (Wildman–Crippen LogP) is 5.76. The van der Waals surface area contributed by atoms with Crippen LogP contribution in [0.1, 0.15) is 28.0 Å². The lowest BCUT2D eigenvalue weighted by Gasteiger charge is -2.15. The monoisotopic (exact) mass is 505 g/mol. The molecule has 0 aliphatic carbocycles. The summed E-state index contributed by atoms with van der Waals surface area (Å²) in [6.45, 7) is 6.93. The Labute approximate surface area is 211 Å². The van der Waals surface area contributed by atoms with E-state index in [1.165, 1.54) is 12.1 Å². The van der Waals surface area contributed by atoms with Crippen molar-refractivity contribution in [2.75, 3.05) is 11.9 Å². The van der Waals surface area contributed by atoms with E-state index in [1.807, 2.05) is 39.0 Å². The van der Waals surface area contributed by atoms with Crippen molar-refractivity contribution in [3.05, 3.63) is 85.5 Å². The Bertz CT molecular complexity index is 1440. The molecule has 0 unspecified atom stereocenters. The van der Waals surface area contributed by atoms with Gasteiger partial charge in [0.25, 0.3) is 16.8 Å². The molecule has 1 N–H and O–H groups in total. The van der Waals surface area contributed by atoms with Gasteiger partial charge in [-0.15, -0.1) is 0 Å². The van der Waals surface area contributed by atoms with Crippen LogP contribution < -0.4 is 5.32 Å². The zero-order valence-electron chi connectivity index (χ0n) is 20.1. The number of anilines is 1. The number of aryl methyl sites for hydroxylation is 4. The molecule has 1 saturated heterocycles. The number of hydrogen-bond acceptors (Lipinski definition) is 7. The van der Waals surface area contributed by atoms with Crippen molar-refractivity contribution >= 4 is 46.3 Å². The molecule has 184 valence electrons. The van der Waals surface area contributed by atoms with Crippen LogP contribution in [0.25, 0.3) is 17.4 Å². The van der Waals surface area contributed by atoms with E-state index < -0.39 is 28.5 Å². The second kappa shape index (κ2) is 9.82. The zero-order chi connectivity index (χ0) is 26.1. The van der Waals surface area contributed by atoms with Gasteiger partial charge in [-0.05, 0) is 79.9 Å². The second-order valence-corrected chi connectivity index (χ2v) is 9.49. The summed E-state index contributed by atoms with van der Waals surface area (Å²) >= 11 is 0.699. The van der Waals surface area contributed by atoms with Crippen LogP contribution in [0.4, 0.5) is 16.2 Å². The third kappa shape index (κ3) is 4.94. The lowest BCUT2D eigenvalue weighted by atomic mass is 10.0. The standard InChI is InChI=1S/C26H23N3O6S/c1-14-6-5-7-15(2)24(14)27-23(30)13-28-25(31)22(36-26(28)32)12-18-8-9-21(35-18)19-10-16(3)17(4)11-20(19)29(33)34/h5-12H,13H2,1-4H3,(H,27,30)/b22-12-. The minimum absolute atomic E-state index is 0.0887. The van der Waals surface area contributed by atoms with E-state index >= 15 is 0 Å². The molecular weight excluding hydrogens is 482 g/mol. The molecule has 4 rings (SSSR count). The lowest BCUT2D eigenvalue weighted by molar-refractivity contribution is -0.384. The summed E-state index contributed by atoms with van der Waals surface area (Å²) in [5.41, 5.74) is 4.27. The smallest absolute Gasteiger partial charge is 0.294 e. The molecule has 3 amide bonds. The SMILES string of the molecule is Cc1cc(-c2ccc(/C=C3\SC(=O)N(CC(=O)Nc4c(C)cccc4C)C3=O)o2)c([N+](=O)[O-])cc1C. The van der Waals surface area contributed by atoms with E-state index in [1.54, 1.807) is 25.1 Å². The number of thioether (sulfide) groups is 1. The number of carbonyl (C=O) groups is 3. The fourth-order valence-electron chi connectivity index (χ4n) is 3.82. The third-order valence-electron chi connectivity index (χ3n) is 5.90. The summed E-state index contributed by atoms with van der Waals surface area (Å²) in [5, 5.41) is 13.7. The average molecular weight is 506 g/mol. The number of imide groups is 1. The van der Waals surface area contributed by atoms with Crippen LogP contribution in [0.15, 0.2) is 51.8 Å². The second-order valence-electron chi connectivity index (χ2n) is 8.50. The van der Waals surface area contributed by atoms with E-state index in [0.717, 1.165) is 27.2 Å². The van der Waals surface area contributed by atoms with Gasteiger partial charge in [-0.25, -0.2) is 0 Å². The summed E-state index contributed by atoms with van der Waals surface area (Å²) in [4.78, 5) is 49.9. The highest BCUT2D eigenvalue weighted by Crippen LogP contribution is 2.36. The van der Waals surface area contributed by atoms with Crippen molar-refractivity contribution in [2.45, 2.75) is 27.7 Å². The Hall–Kier alpha value is -4.18. The molecule has 1 aromatic heterocycles. The van der Waals surface area contributed by atoms with Crippen LogP contribution in [0.3, 0.4) is 0 Å². The molecule has 0 radical (unpaired) electrons. The van der Waals surface area contributed by atoms with Crippen molar-refractivity contribution in [3.63, 3.8) is 0 Å². The van der Waals surface area contributed by atoms with Crippen molar-refractivity contribution in [1.29, 1.82) is 0 Å². The summed E-state index contributed by atoms with van der Waals surface area (Å²) in [6.07, 6.45) is 1.39. The first-order chi connectivity index (χ1) is 17.0. The molecule has 1 fully saturated rings. The molecule has 0 bridgehead atoms. The van der Waals surface area contributed by atoms with Crippen molar-refractivity contribution < 1.29 is 23.7 Å². The molecule has 0 saturated carbocycles. The summed E-state index contributed by atoms with van der Waals surface area (Å²) < 4.78 is 5.77. The largest absolute Gasteiger partial charge is 0.456 e. The molecule has 9 nitrogen and oxygen atoms in total. The Kier molecular flexibility index (Phi) is 6.80. The maximum atomic E-state index is 12.8. The van der Waals surface area contributed by atoms with Gasteiger partial charge in [0.1, 0.15) is 18.1 Å². The van der Waals surface area contributed by atoms with Crippen LogP contribution in [0.5, 0.6) is 0 Å². The first-order valence-corrected chi connectivity index (χ1v) is 11.8. The fourth-order valence-corrected chi connectivity index (χ4v) is 4.64. The number of nitrogens with zero attached hydrogens (tertiary/aromatic N) is 2. The number of benzene rings is 2. The summed E-state index contributed by atoms with van der Waals surface area (Å²) in [7, 11) is 0. The number of nitro groups is 1. The van der Waals surface area contributed by atoms with Crippen LogP contribution in [-0.4, -0.2) is 33.4 Å². The minimum atomic E-state index is -0.614. The number of hydrogen-bond donors (Lipinski definition) is 1. The van der Waals surface area contributed by atoms with Gasteiger partial charge < -0.3 is 9.73 Å². The topological polar surface area (TPSA) is 123 Å². The molecule has 2 heterocycles. The van der Waals surface area contributed by atoms with Gasteiger partial charge in [0, 0.05) is 17.8 Å². The molecule has 10 heteroatoms. The lowest BCUT2D eigenvalue weighted by Crippen LogP contribution is -2.36. The third-order valence-corrected chi connectivity index (χ3v) is 6.80. The first kappa shape index (κ1) is 24.9. The molecule has 1 aliphatic rings. The van der Waals surface area contributed by atoms with E-state index in [4.69, 9.17) is 4.42 Å². The maximum absolute atomic E-state index is 12.8. The Morgan fingerprint density at radius 3 is 2.39 bits per heavy atom. The first-order valence-electron chi connectivity index (χ1n) is 11.0. The van der Waals surface area contributed by atoms with Crippen LogP contribution >= 0.6 is 11.8 Å².